The summed E-state index contributed by atoms with van der Waals surface area (Å²) in [5.41, 5.74) is 0.373. The number of hydrogen-bond donors (Lipinski definition) is 1. The second kappa shape index (κ2) is 7.64. The first-order chi connectivity index (χ1) is 8.83. The lowest BCUT2D eigenvalue weighted by Crippen LogP contribution is -2.49. The zero-order valence-electron chi connectivity index (χ0n) is 14.0. The molecule has 0 saturated heterocycles. The van der Waals surface area contributed by atoms with Gasteiger partial charge in [-0.2, -0.15) is 0 Å². The molecule has 0 amide bonds. The zero-order valence-corrected chi connectivity index (χ0v) is 14.0. The van der Waals surface area contributed by atoms with E-state index in [0.717, 1.165) is 25.5 Å². The number of nitrogens with one attached hydrogen (secondary N) is 1. The predicted molar refractivity (Wildman–Crippen MR) is 83.5 cm³/mol. The topological polar surface area (TPSA) is 21.3 Å². The van der Waals surface area contributed by atoms with E-state index >= 15 is 0 Å². The third-order valence-corrected chi connectivity index (χ3v) is 4.21. The van der Waals surface area contributed by atoms with Gasteiger partial charge in [0.05, 0.1) is 6.10 Å². The first-order valence-electron chi connectivity index (χ1n) is 8.18. The molecule has 1 saturated carbocycles. The molecule has 1 aliphatic carbocycles. The van der Waals surface area contributed by atoms with Gasteiger partial charge >= 0.3 is 0 Å². The van der Waals surface area contributed by atoms with E-state index in [9.17, 15) is 0 Å². The van der Waals surface area contributed by atoms with E-state index in [1.165, 1.54) is 19.3 Å². The summed E-state index contributed by atoms with van der Waals surface area (Å²) in [7, 11) is 0. The fraction of sp³-hybridized carbons (Fsp3) is 1.00. The van der Waals surface area contributed by atoms with Crippen LogP contribution in [-0.2, 0) is 4.74 Å². The van der Waals surface area contributed by atoms with Crippen molar-refractivity contribution in [1.82, 2.24) is 5.32 Å². The number of ether oxygens (including phenoxy) is 1. The van der Waals surface area contributed by atoms with Crippen LogP contribution in [0.4, 0.5) is 0 Å². The Bertz CT molecular complexity index is 246. The van der Waals surface area contributed by atoms with E-state index in [1.807, 2.05) is 0 Å². The van der Waals surface area contributed by atoms with Crippen molar-refractivity contribution in [1.29, 1.82) is 0 Å². The van der Waals surface area contributed by atoms with Crippen molar-refractivity contribution >= 4 is 0 Å². The Balaban J connectivity index is 2.48. The van der Waals surface area contributed by atoms with Crippen molar-refractivity contribution in [2.75, 3.05) is 13.2 Å². The highest BCUT2D eigenvalue weighted by Gasteiger charge is 2.34. The first-order valence-corrected chi connectivity index (χ1v) is 8.18. The maximum atomic E-state index is 6.27. The fourth-order valence-electron chi connectivity index (χ4n) is 3.14. The van der Waals surface area contributed by atoms with Crippen LogP contribution in [0.15, 0.2) is 0 Å². The van der Waals surface area contributed by atoms with E-state index in [-0.39, 0.29) is 0 Å². The van der Waals surface area contributed by atoms with Crippen LogP contribution >= 0.6 is 0 Å². The number of rotatable bonds is 6. The fourth-order valence-corrected chi connectivity index (χ4v) is 3.14. The smallest absolute Gasteiger partial charge is 0.0753 e. The molecule has 0 aliphatic heterocycles. The van der Waals surface area contributed by atoms with Crippen molar-refractivity contribution in [3.05, 3.63) is 0 Å². The van der Waals surface area contributed by atoms with E-state index in [4.69, 9.17) is 4.74 Å². The molecule has 0 aromatic rings. The molecule has 0 radical (unpaired) electrons. The maximum absolute atomic E-state index is 6.27. The highest BCUT2D eigenvalue weighted by molar-refractivity contribution is 4.88. The van der Waals surface area contributed by atoms with E-state index in [1.54, 1.807) is 0 Å². The van der Waals surface area contributed by atoms with Crippen molar-refractivity contribution in [3.8, 4) is 0 Å². The molecule has 1 N–H and O–H groups in total. The van der Waals surface area contributed by atoms with Gasteiger partial charge in [-0.3, -0.25) is 0 Å². The van der Waals surface area contributed by atoms with Gasteiger partial charge in [0, 0.05) is 12.6 Å². The van der Waals surface area contributed by atoms with Crippen LogP contribution in [0.5, 0.6) is 0 Å². The summed E-state index contributed by atoms with van der Waals surface area (Å²) >= 11 is 0. The Kier molecular flexibility index (Phi) is 6.82. The molecule has 114 valence electrons. The van der Waals surface area contributed by atoms with Gasteiger partial charge < -0.3 is 10.1 Å². The van der Waals surface area contributed by atoms with E-state index in [0.29, 0.717) is 23.5 Å². The largest absolute Gasteiger partial charge is 0.376 e. The molecule has 4 unspecified atom stereocenters. The minimum absolute atomic E-state index is 0.373. The van der Waals surface area contributed by atoms with Crippen molar-refractivity contribution in [3.63, 3.8) is 0 Å². The van der Waals surface area contributed by atoms with Gasteiger partial charge in [-0.15, -0.1) is 0 Å². The van der Waals surface area contributed by atoms with Crippen molar-refractivity contribution in [2.24, 2.45) is 17.3 Å². The van der Waals surface area contributed by atoms with Crippen LogP contribution in [0, 0.1) is 17.3 Å². The van der Waals surface area contributed by atoms with Crippen LogP contribution < -0.4 is 5.32 Å². The van der Waals surface area contributed by atoms with Crippen LogP contribution in [0.3, 0.4) is 0 Å². The Morgan fingerprint density at radius 1 is 1.16 bits per heavy atom. The highest BCUT2D eigenvalue weighted by Crippen LogP contribution is 2.32. The van der Waals surface area contributed by atoms with Crippen molar-refractivity contribution < 1.29 is 4.74 Å². The van der Waals surface area contributed by atoms with Gasteiger partial charge in [0.25, 0.3) is 0 Å². The Morgan fingerprint density at radius 3 is 2.42 bits per heavy atom. The lowest BCUT2D eigenvalue weighted by atomic mass is 9.78. The third kappa shape index (κ3) is 6.27. The van der Waals surface area contributed by atoms with E-state index in [2.05, 4.69) is 46.9 Å². The van der Waals surface area contributed by atoms with E-state index < -0.39 is 0 Å². The molecule has 2 heteroatoms. The standard InChI is InChI=1S/C17H35NO/c1-7-9-18-15-12-13(2)11-14(3)16(15)19-10-8-17(4,5)6/h13-16,18H,7-12H2,1-6H3. The Hall–Kier alpha value is -0.0800. The van der Waals surface area contributed by atoms with Crippen molar-refractivity contribution in [2.45, 2.75) is 79.4 Å². The monoisotopic (exact) mass is 269 g/mol. The molecule has 1 fully saturated rings. The molecule has 0 spiro atoms. The van der Waals surface area contributed by atoms with Gasteiger partial charge in [-0.1, -0.05) is 41.5 Å². The molecule has 0 aromatic heterocycles. The molecule has 1 aliphatic rings. The van der Waals surface area contributed by atoms with Gasteiger partial charge in [0.2, 0.25) is 0 Å². The summed E-state index contributed by atoms with van der Waals surface area (Å²) in [6, 6.07) is 0.554. The minimum Gasteiger partial charge on any atom is -0.376 e. The summed E-state index contributed by atoms with van der Waals surface area (Å²) in [5, 5.41) is 3.70. The van der Waals surface area contributed by atoms with Gasteiger partial charge in [0.1, 0.15) is 0 Å². The number of hydrogen-bond acceptors (Lipinski definition) is 2. The summed E-state index contributed by atoms with van der Waals surface area (Å²) in [4.78, 5) is 0. The normalized spacial score (nSPS) is 32.5. The molecular weight excluding hydrogens is 234 g/mol. The van der Waals surface area contributed by atoms with Crippen LogP contribution in [0.25, 0.3) is 0 Å². The Labute approximate surface area is 120 Å². The zero-order chi connectivity index (χ0) is 14.5. The lowest BCUT2D eigenvalue weighted by molar-refractivity contribution is -0.0448. The molecule has 4 atom stereocenters. The first kappa shape index (κ1) is 17.0. The summed E-state index contributed by atoms with van der Waals surface area (Å²) < 4.78 is 6.27. The minimum atomic E-state index is 0.373. The van der Waals surface area contributed by atoms with Crippen LogP contribution in [0.1, 0.15) is 67.2 Å². The maximum Gasteiger partial charge on any atom is 0.0753 e. The van der Waals surface area contributed by atoms with Crippen LogP contribution in [0.2, 0.25) is 0 Å². The summed E-state index contributed by atoms with van der Waals surface area (Å²) in [6.07, 6.45) is 5.33. The summed E-state index contributed by atoms with van der Waals surface area (Å²) in [5.74, 6) is 1.50. The van der Waals surface area contributed by atoms with Gasteiger partial charge in [-0.05, 0) is 49.5 Å². The molecule has 0 heterocycles. The molecule has 2 nitrogen and oxygen atoms in total. The molecular formula is C17H35NO. The highest BCUT2D eigenvalue weighted by atomic mass is 16.5. The SMILES string of the molecule is CCCNC1CC(C)CC(C)C1OCCC(C)(C)C. The second-order valence-corrected chi connectivity index (χ2v) is 7.76. The van der Waals surface area contributed by atoms with Crippen LogP contribution in [-0.4, -0.2) is 25.3 Å². The third-order valence-electron chi connectivity index (χ3n) is 4.21. The summed E-state index contributed by atoms with van der Waals surface area (Å²) in [6.45, 7) is 15.8. The Morgan fingerprint density at radius 2 is 1.84 bits per heavy atom. The lowest BCUT2D eigenvalue weighted by Gasteiger charge is -2.40. The van der Waals surface area contributed by atoms with Gasteiger partial charge in [-0.25, -0.2) is 0 Å². The average molecular weight is 269 g/mol. The molecule has 0 bridgehead atoms. The molecule has 1 rings (SSSR count). The average Bonchev–Trinajstić information content (AvgIpc) is 2.27. The second-order valence-electron chi connectivity index (χ2n) is 7.76. The molecule has 0 aromatic carbocycles. The molecule has 19 heavy (non-hydrogen) atoms. The predicted octanol–water partition coefficient (Wildman–Crippen LogP) is 4.24. The van der Waals surface area contributed by atoms with Gasteiger partial charge in [0.15, 0.2) is 0 Å². The quantitative estimate of drug-likeness (QED) is 0.778.